The number of nitriles is 1. The van der Waals surface area contributed by atoms with Gasteiger partial charge in [0.25, 0.3) is 0 Å². The van der Waals surface area contributed by atoms with Gasteiger partial charge >= 0.3 is 0 Å². The molecule has 0 aromatic carbocycles. The highest BCUT2D eigenvalue weighted by Gasteiger charge is 2.10. The van der Waals surface area contributed by atoms with Crippen molar-refractivity contribution in [3.05, 3.63) is 11.8 Å². The molecular formula is C13H21N5O. The topological polar surface area (TPSA) is 74.1 Å². The van der Waals surface area contributed by atoms with Gasteiger partial charge in [-0.25, -0.2) is 4.98 Å². The highest BCUT2D eigenvalue weighted by molar-refractivity contribution is 5.44. The van der Waals surface area contributed by atoms with Gasteiger partial charge in [0.1, 0.15) is 5.82 Å². The third-order valence-electron chi connectivity index (χ3n) is 2.56. The van der Waals surface area contributed by atoms with E-state index >= 15 is 0 Å². The van der Waals surface area contributed by atoms with E-state index in [1.54, 1.807) is 7.11 Å². The summed E-state index contributed by atoms with van der Waals surface area (Å²) in [4.78, 5) is 10.8. The van der Waals surface area contributed by atoms with Gasteiger partial charge in [-0.1, -0.05) is 0 Å². The molecule has 0 atom stereocenters. The number of hydrogen-bond acceptors (Lipinski definition) is 6. The number of methoxy groups -OCH3 is 1. The Morgan fingerprint density at radius 2 is 2.21 bits per heavy atom. The van der Waals surface area contributed by atoms with Gasteiger partial charge in [0.2, 0.25) is 5.95 Å². The van der Waals surface area contributed by atoms with E-state index in [4.69, 9.17) is 10.00 Å². The molecule has 0 fully saturated rings. The summed E-state index contributed by atoms with van der Waals surface area (Å²) in [5, 5.41) is 11.8. The minimum Gasteiger partial charge on any atom is -0.383 e. The monoisotopic (exact) mass is 263 g/mol. The van der Waals surface area contributed by atoms with Crippen molar-refractivity contribution < 1.29 is 4.74 Å². The third kappa shape index (κ3) is 5.10. The molecule has 104 valence electrons. The van der Waals surface area contributed by atoms with Crippen LogP contribution in [-0.2, 0) is 4.74 Å². The summed E-state index contributed by atoms with van der Waals surface area (Å²) in [6.45, 7) is 6.67. The van der Waals surface area contributed by atoms with Gasteiger partial charge in [0.05, 0.1) is 19.1 Å². The molecule has 0 amide bonds. The van der Waals surface area contributed by atoms with Gasteiger partial charge in [-0.05, 0) is 13.8 Å². The Morgan fingerprint density at radius 3 is 2.84 bits per heavy atom. The molecule has 1 heterocycles. The molecule has 0 bridgehead atoms. The Balaban J connectivity index is 2.89. The number of ether oxygens (including phenoxy) is 1. The largest absolute Gasteiger partial charge is 0.383 e. The first kappa shape index (κ1) is 15.2. The Kier molecular flexibility index (Phi) is 6.61. The van der Waals surface area contributed by atoms with Crippen LogP contribution in [0.3, 0.4) is 0 Å². The van der Waals surface area contributed by atoms with Crippen LogP contribution in [0.5, 0.6) is 0 Å². The molecule has 0 aliphatic carbocycles. The molecule has 19 heavy (non-hydrogen) atoms. The van der Waals surface area contributed by atoms with Crippen molar-refractivity contribution in [2.75, 3.05) is 43.6 Å². The van der Waals surface area contributed by atoms with Crippen molar-refractivity contribution in [2.24, 2.45) is 0 Å². The second-order valence-corrected chi connectivity index (χ2v) is 4.11. The summed E-state index contributed by atoms with van der Waals surface area (Å²) in [5.41, 5.74) is 0.903. The molecule has 1 aromatic rings. The van der Waals surface area contributed by atoms with E-state index in [0.717, 1.165) is 18.1 Å². The average Bonchev–Trinajstić information content (AvgIpc) is 2.38. The fourth-order valence-electron chi connectivity index (χ4n) is 1.68. The maximum atomic E-state index is 8.73. The highest BCUT2D eigenvalue weighted by atomic mass is 16.5. The van der Waals surface area contributed by atoms with E-state index in [1.165, 1.54) is 0 Å². The van der Waals surface area contributed by atoms with Crippen LogP contribution in [0.15, 0.2) is 6.07 Å². The third-order valence-corrected chi connectivity index (χ3v) is 2.56. The normalized spacial score (nSPS) is 10.0. The summed E-state index contributed by atoms with van der Waals surface area (Å²) in [6.07, 6.45) is 0.462. The summed E-state index contributed by atoms with van der Waals surface area (Å²) < 4.78 is 5.10. The fourth-order valence-corrected chi connectivity index (χ4v) is 1.68. The maximum Gasteiger partial charge on any atom is 0.224 e. The summed E-state index contributed by atoms with van der Waals surface area (Å²) in [7, 11) is 1.66. The van der Waals surface area contributed by atoms with Crippen LogP contribution in [0.1, 0.15) is 19.0 Å². The molecule has 1 N–H and O–H groups in total. The zero-order valence-electron chi connectivity index (χ0n) is 11.8. The SMILES string of the molecule is CCNc1nc(C)cc(N(CCC#N)CCOC)n1. The number of aryl methyl sites for hydroxylation is 1. The van der Waals surface area contributed by atoms with Crippen molar-refractivity contribution in [3.8, 4) is 6.07 Å². The average molecular weight is 263 g/mol. The Bertz CT molecular complexity index is 430. The molecule has 0 aliphatic heterocycles. The lowest BCUT2D eigenvalue weighted by molar-refractivity contribution is 0.205. The second-order valence-electron chi connectivity index (χ2n) is 4.11. The molecule has 6 heteroatoms. The van der Waals surface area contributed by atoms with Crippen molar-refractivity contribution in [1.82, 2.24) is 9.97 Å². The van der Waals surface area contributed by atoms with Gasteiger partial charge in [-0.15, -0.1) is 0 Å². The van der Waals surface area contributed by atoms with E-state index in [0.29, 0.717) is 32.1 Å². The summed E-state index contributed by atoms with van der Waals surface area (Å²) in [5.74, 6) is 1.45. The van der Waals surface area contributed by atoms with Crippen LogP contribution in [-0.4, -0.2) is 43.3 Å². The smallest absolute Gasteiger partial charge is 0.224 e. The van der Waals surface area contributed by atoms with Crippen LogP contribution in [0.2, 0.25) is 0 Å². The standard InChI is InChI=1S/C13H21N5O/c1-4-15-13-16-11(2)10-12(17-13)18(7-5-6-14)8-9-19-3/h10H,4-5,7-9H2,1-3H3,(H,15,16,17). The maximum absolute atomic E-state index is 8.73. The predicted molar refractivity (Wildman–Crippen MR) is 75.3 cm³/mol. The molecular weight excluding hydrogens is 242 g/mol. The Hall–Kier alpha value is -1.87. The first-order valence-electron chi connectivity index (χ1n) is 6.41. The Labute approximate surface area is 114 Å². The van der Waals surface area contributed by atoms with E-state index in [9.17, 15) is 0 Å². The van der Waals surface area contributed by atoms with Gasteiger partial charge in [-0.3, -0.25) is 0 Å². The second kappa shape index (κ2) is 8.27. The van der Waals surface area contributed by atoms with E-state index in [1.807, 2.05) is 24.8 Å². The molecule has 0 saturated carbocycles. The zero-order chi connectivity index (χ0) is 14.1. The molecule has 0 aliphatic rings. The highest BCUT2D eigenvalue weighted by Crippen LogP contribution is 2.15. The first-order chi connectivity index (χ1) is 9.21. The van der Waals surface area contributed by atoms with E-state index in [2.05, 4.69) is 21.4 Å². The lowest BCUT2D eigenvalue weighted by Gasteiger charge is -2.23. The number of nitrogens with zero attached hydrogens (tertiary/aromatic N) is 4. The van der Waals surface area contributed by atoms with Crippen LogP contribution < -0.4 is 10.2 Å². The number of aromatic nitrogens is 2. The van der Waals surface area contributed by atoms with Crippen LogP contribution in [0, 0.1) is 18.3 Å². The molecule has 6 nitrogen and oxygen atoms in total. The van der Waals surface area contributed by atoms with Crippen LogP contribution in [0.25, 0.3) is 0 Å². The molecule has 0 radical (unpaired) electrons. The quantitative estimate of drug-likeness (QED) is 0.767. The fraction of sp³-hybridized carbons (Fsp3) is 0.615. The first-order valence-corrected chi connectivity index (χ1v) is 6.41. The van der Waals surface area contributed by atoms with E-state index < -0.39 is 0 Å². The lowest BCUT2D eigenvalue weighted by atomic mass is 10.3. The summed E-state index contributed by atoms with van der Waals surface area (Å²) in [6, 6.07) is 4.08. The molecule has 1 rings (SSSR count). The molecule has 0 saturated heterocycles. The van der Waals surface area contributed by atoms with Crippen molar-refractivity contribution in [3.63, 3.8) is 0 Å². The number of rotatable bonds is 8. The van der Waals surface area contributed by atoms with Crippen LogP contribution in [0.4, 0.5) is 11.8 Å². The van der Waals surface area contributed by atoms with Crippen molar-refractivity contribution in [1.29, 1.82) is 5.26 Å². The lowest BCUT2D eigenvalue weighted by Crippen LogP contribution is -2.29. The minimum absolute atomic E-state index is 0.462. The molecule has 0 spiro atoms. The summed E-state index contributed by atoms with van der Waals surface area (Å²) >= 11 is 0. The van der Waals surface area contributed by atoms with Gasteiger partial charge in [-0.2, -0.15) is 10.2 Å². The van der Waals surface area contributed by atoms with Crippen LogP contribution >= 0.6 is 0 Å². The zero-order valence-corrected chi connectivity index (χ0v) is 11.8. The number of hydrogen-bond donors (Lipinski definition) is 1. The molecule has 1 aromatic heterocycles. The number of anilines is 2. The van der Waals surface area contributed by atoms with Gasteiger partial charge < -0.3 is 15.0 Å². The van der Waals surface area contributed by atoms with Gasteiger partial charge in [0.15, 0.2) is 0 Å². The predicted octanol–water partition coefficient (Wildman–Crippen LogP) is 1.58. The number of nitrogens with one attached hydrogen (secondary N) is 1. The van der Waals surface area contributed by atoms with Gasteiger partial charge in [0, 0.05) is 38.5 Å². The van der Waals surface area contributed by atoms with E-state index in [-0.39, 0.29) is 0 Å². The minimum atomic E-state index is 0.462. The Morgan fingerprint density at radius 1 is 1.42 bits per heavy atom. The van der Waals surface area contributed by atoms with Crippen molar-refractivity contribution in [2.45, 2.75) is 20.3 Å². The van der Waals surface area contributed by atoms with Crippen molar-refractivity contribution >= 4 is 11.8 Å². The molecule has 0 unspecified atom stereocenters.